The second-order valence-electron chi connectivity index (χ2n) is 6.15. The number of rotatable bonds is 6. The van der Waals surface area contributed by atoms with Crippen LogP contribution in [0.5, 0.6) is 0 Å². The zero-order valence-corrected chi connectivity index (χ0v) is 14.2. The predicted molar refractivity (Wildman–Crippen MR) is 103 cm³/mol. The average Bonchev–Trinajstić information content (AvgIpc) is 2.65. The molecule has 0 aliphatic heterocycles. The van der Waals surface area contributed by atoms with Gasteiger partial charge in [0.1, 0.15) is 6.04 Å². The van der Waals surface area contributed by atoms with Gasteiger partial charge in [-0.1, -0.05) is 48.5 Å². The van der Waals surface area contributed by atoms with Crippen LogP contribution in [-0.4, -0.2) is 23.0 Å². The van der Waals surface area contributed by atoms with Crippen LogP contribution in [0.15, 0.2) is 54.6 Å². The molecule has 4 nitrogen and oxygen atoms in total. The number of unbranched alkanes of at least 4 members (excludes halogenated alkanes) is 1. The van der Waals surface area contributed by atoms with Crippen LogP contribution in [-0.2, 0) is 4.79 Å². The van der Waals surface area contributed by atoms with E-state index < -0.39 is 12.0 Å². The van der Waals surface area contributed by atoms with Gasteiger partial charge in [-0.3, -0.25) is 4.79 Å². The lowest BCUT2D eigenvalue weighted by Gasteiger charge is -2.16. The second kappa shape index (κ2) is 7.71. The molecule has 0 spiro atoms. The number of carboxylic acids is 1. The fourth-order valence-corrected chi connectivity index (χ4v) is 3.15. The normalized spacial score (nSPS) is 11.8. The summed E-state index contributed by atoms with van der Waals surface area (Å²) in [5.41, 5.74) is 0.502. The van der Waals surface area contributed by atoms with Gasteiger partial charge >= 0.3 is 5.97 Å². The number of benzene rings is 3. The number of carboxylic acid groups (broad SMARTS) is 1. The standard InChI is InChI=1S/C22H19NO3/c1-2-3-4-13-19(22(25)26)23-21(24)20-17-11-7-5-9-15(17)14-16-10-6-8-12-18(16)20/h1,5-12,14,19H,3-4,13H2,(H,23,24)(H,25,26)/t19-/m1/s1. The number of hydrogen-bond donors (Lipinski definition) is 2. The zero-order valence-electron chi connectivity index (χ0n) is 14.2. The minimum absolute atomic E-state index is 0.300. The van der Waals surface area contributed by atoms with E-state index in [4.69, 9.17) is 6.42 Å². The molecule has 3 rings (SSSR count). The van der Waals surface area contributed by atoms with E-state index in [-0.39, 0.29) is 5.91 Å². The van der Waals surface area contributed by atoms with E-state index in [1.807, 2.05) is 54.6 Å². The van der Waals surface area contributed by atoms with Crippen LogP contribution in [0.1, 0.15) is 29.6 Å². The van der Waals surface area contributed by atoms with E-state index in [0.717, 1.165) is 21.5 Å². The smallest absolute Gasteiger partial charge is 0.326 e. The van der Waals surface area contributed by atoms with Crippen molar-refractivity contribution >= 4 is 33.4 Å². The highest BCUT2D eigenvalue weighted by Crippen LogP contribution is 2.28. The second-order valence-corrected chi connectivity index (χ2v) is 6.15. The quantitative estimate of drug-likeness (QED) is 0.403. The van der Waals surface area contributed by atoms with Crippen LogP contribution >= 0.6 is 0 Å². The summed E-state index contributed by atoms with van der Waals surface area (Å²) in [6, 6.07) is 16.3. The monoisotopic (exact) mass is 345 g/mol. The molecule has 0 aromatic heterocycles. The summed E-state index contributed by atoms with van der Waals surface area (Å²) in [5.74, 6) is 1.05. The van der Waals surface area contributed by atoms with Crippen molar-refractivity contribution in [3.63, 3.8) is 0 Å². The first-order chi connectivity index (χ1) is 12.6. The van der Waals surface area contributed by atoms with E-state index in [1.165, 1.54) is 0 Å². The largest absolute Gasteiger partial charge is 0.480 e. The third kappa shape index (κ3) is 3.52. The Balaban J connectivity index is 2.03. The first kappa shape index (κ1) is 17.5. The minimum Gasteiger partial charge on any atom is -0.480 e. The SMILES string of the molecule is C#CCCC[C@@H](NC(=O)c1c2ccccc2cc2ccccc12)C(=O)O. The average molecular weight is 345 g/mol. The lowest BCUT2D eigenvalue weighted by atomic mass is 9.96. The highest BCUT2D eigenvalue weighted by Gasteiger charge is 2.22. The number of aliphatic carboxylic acids is 1. The topological polar surface area (TPSA) is 66.4 Å². The molecule has 1 atom stereocenters. The van der Waals surface area contributed by atoms with Gasteiger partial charge in [-0.05, 0) is 40.5 Å². The molecule has 0 aliphatic carbocycles. The maximum Gasteiger partial charge on any atom is 0.326 e. The van der Waals surface area contributed by atoms with Gasteiger partial charge in [0.15, 0.2) is 0 Å². The molecule has 0 saturated carbocycles. The lowest BCUT2D eigenvalue weighted by Crippen LogP contribution is -2.40. The minimum atomic E-state index is -1.06. The van der Waals surface area contributed by atoms with Crippen LogP contribution in [0.2, 0.25) is 0 Å². The molecule has 0 radical (unpaired) electrons. The molecule has 26 heavy (non-hydrogen) atoms. The van der Waals surface area contributed by atoms with Crippen molar-refractivity contribution in [3.05, 3.63) is 60.2 Å². The number of hydrogen-bond acceptors (Lipinski definition) is 2. The number of terminal acetylenes is 1. The van der Waals surface area contributed by atoms with Gasteiger partial charge in [0, 0.05) is 6.42 Å². The molecule has 3 aromatic carbocycles. The molecular weight excluding hydrogens is 326 g/mol. The van der Waals surface area contributed by atoms with Crippen molar-refractivity contribution in [1.29, 1.82) is 0 Å². The third-order valence-corrected chi connectivity index (χ3v) is 4.42. The first-order valence-electron chi connectivity index (χ1n) is 8.49. The molecule has 4 heteroatoms. The highest BCUT2D eigenvalue weighted by molar-refractivity contribution is 6.18. The van der Waals surface area contributed by atoms with Crippen molar-refractivity contribution in [2.24, 2.45) is 0 Å². The van der Waals surface area contributed by atoms with Crippen molar-refractivity contribution < 1.29 is 14.7 Å². The van der Waals surface area contributed by atoms with Crippen molar-refractivity contribution in [1.82, 2.24) is 5.32 Å². The molecule has 0 bridgehead atoms. The Hall–Kier alpha value is -3.32. The van der Waals surface area contributed by atoms with Crippen molar-refractivity contribution in [3.8, 4) is 12.3 Å². The Morgan fingerprint density at radius 2 is 1.62 bits per heavy atom. The number of carbonyl (C=O) groups excluding carboxylic acids is 1. The van der Waals surface area contributed by atoms with Gasteiger partial charge in [0.05, 0.1) is 5.56 Å². The Morgan fingerprint density at radius 3 is 2.15 bits per heavy atom. The number of nitrogens with one attached hydrogen (secondary N) is 1. The van der Waals surface area contributed by atoms with Gasteiger partial charge in [0.25, 0.3) is 5.91 Å². The van der Waals surface area contributed by atoms with E-state index in [2.05, 4.69) is 11.2 Å². The van der Waals surface area contributed by atoms with Crippen LogP contribution in [0.4, 0.5) is 0 Å². The molecule has 0 unspecified atom stereocenters. The summed E-state index contributed by atoms with van der Waals surface area (Å²) in [6.45, 7) is 0. The predicted octanol–water partition coefficient (Wildman–Crippen LogP) is 3.98. The van der Waals surface area contributed by atoms with Gasteiger partial charge < -0.3 is 10.4 Å². The molecule has 1 amide bonds. The fraction of sp³-hybridized carbons (Fsp3) is 0.182. The lowest BCUT2D eigenvalue weighted by molar-refractivity contribution is -0.139. The molecule has 0 fully saturated rings. The van der Waals surface area contributed by atoms with E-state index in [0.29, 0.717) is 24.8 Å². The summed E-state index contributed by atoms with van der Waals surface area (Å²) in [5, 5.41) is 15.6. The zero-order chi connectivity index (χ0) is 18.5. The molecule has 0 saturated heterocycles. The van der Waals surface area contributed by atoms with Crippen molar-refractivity contribution in [2.75, 3.05) is 0 Å². The molecule has 2 N–H and O–H groups in total. The Bertz CT molecular complexity index is 963. The summed E-state index contributed by atoms with van der Waals surface area (Å²) in [7, 11) is 0. The fourth-order valence-electron chi connectivity index (χ4n) is 3.15. The van der Waals surface area contributed by atoms with Crippen LogP contribution in [0, 0.1) is 12.3 Å². The van der Waals surface area contributed by atoms with Gasteiger partial charge in [0.2, 0.25) is 0 Å². The van der Waals surface area contributed by atoms with E-state index in [1.54, 1.807) is 0 Å². The molecule has 0 aliphatic rings. The maximum atomic E-state index is 13.0. The Kier molecular flexibility index (Phi) is 5.19. The van der Waals surface area contributed by atoms with Crippen LogP contribution in [0.3, 0.4) is 0 Å². The molecule has 130 valence electrons. The van der Waals surface area contributed by atoms with Gasteiger partial charge in [-0.15, -0.1) is 12.3 Å². The van der Waals surface area contributed by atoms with Gasteiger partial charge in [-0.25, -0.2) is 4.79 Å². The van der Waals surface area contributed by atoms with Crippen LogP contribution < -0.4 is 5.32 Å². The summed E-state index contributed by atoms with van der Waals surface area (Å²) in [4.78, 5) is 24.5. The maximum absolute atomic E-state index is 13.0. The van der Waals surface area contributed by atoms with Crippen molar-refractivity contribution in [2.45, 2.75) is 25.3 Å². The van der Waals surface area contributed by atoms with E-state index in [9.17, 15) is 14.7 Å². The number of fused-ring (bicyclic) bond motifs is 2. The van der Waals surface area contributed by atoms with Crippen LogP contribution in [0.25, 0.3) is 21.5 Å². The Labute approximate surface area is 151 Å². The Morgan fingerprint density at radius 1 is 1.04 bits per heavy atom. The molecular formula is C22H19NO3. The molecule has 0 heterocycles. The molecule has 3 aromatic rings. The summed E-state index contributed by atoms with van der Waals surface area (Å²) < 4.78 is 0. The first-order valence-corrected chi connectivity index (χ1v) is 8.49. The summed E-state index contributed by atoms with van der Waals surface area (Å²) in [6.07, 6.45) is 6.55. The third-order valence-electron chi connectivity index (χ3n) is 4.42. The number of amides is 1. The summed E-state index contributed by atoms with van der Waals surface area (Å²) >= 11 is 0. The highest BCUT2D eigenvalue weighted by atomic mass is 16.4. The van der Waals surface area contributed by atoms with E-state index >= 15 is 0 Å². The number of carbonyl (C=O) groups is 2. The van der Waals surface area contributed by atoms with Gasteiger partial charge in [-0.2, -0.15) is 0 Å².